The van der Waals surface area contributed by atoms with Gasteiger partial charge >= 0.3 is 0 Å². The van der Waals surface area contributed by atoms with Crippen LogP contribution in [0.15, 0.2) is 21.7 Å². The van der Waals surface area contributed by atoms with Gasteiger partial charge in [0.05, 0.1) is 55.3 Å². The number of halogens is 1. The molecule has 6 heterocycles. The number of thioether (sulfide) groups is 6. The number of allylic oxidation sites excluding steroid dienone is 2. The maximum absolute atomic E-state index is 10.2. The molecule has 0 saturated carbocycles. The quantitative estimate of drug-likeness (QED) is 0.224. The molecule has 3 saturated heterocycles. The third kappa shape index (κ3) is 18.6. The summed E-state index contributed by atoms with van der Waals surface area (Å²) in [6.07, 6.45) is 7.09. The van der Waals surface area contributed by atoms with Crippen molar-refractivity contribution in [3.8, 4) is 0 Å². The van der Waals surface area contributed by atoms with E-state index in [-0.39, 0.29) is 17.1 Å². The zero-order valence-electron chi connectivity index (χ0n) is 22.8. The van der Waals surface area contributed by atoms with Gasteiger partial charge in [-0.3, -0.25) is 34.3 Å². The SMILES string of the molecule is C/C=C(/Br)C=O.CSC1=NCSC1.O=C1CSC(=O)N1.O=C1CSCN1.O=Cc1cn2c(n1)CSC2.S=C1CSCN1. The molecule has 1 aromatic rings. The molecule has 0 unspecified atom stereocenters. The van der Waals surface area contributed by atoms with Crippen LogP contribution < -0.4 is 16.0 Å². The van der Waals surface area contributed by atoms with Gasteiger partial charge in [-0.05, 0) is 29.1 Å². The Kier molecular flexibility index (Phi) is 22.7. The topological polar surface area (TPSA) is 152 Å². The number of imidazole rings is 1. The largest absolute Gasteiger partial charge is 0.370 e. The number of hydrogen-bond acceptors (Lipinski definition) is 14. The van der Waals surface area contributed by atoms with E-state index < -0.39 is 0 Å². The first-order valence-corrected chi connectivity index (χ1v) is 19.9. The lowest BCUT2D eigenvalue weighted by Crippen LogP contribution is -2.18. The Bertz CT molecular complexity index is 1060. The van der Waals surface area contributed by atoms with Gasteiger partial charge in [0.15, 0.2) is 12.6 Å². The van der Waals surface area contributed by atoms with Crippen molar-refractivity contribution >= 4 is 138 Å². The first-order valence-electron chi connectivity index (χ1n) is 11.9. The maximum Gasteiger partial charge on any atom is 0.286 e. The monoisotopic (exact) mass is 774 g/mol. The van der Waals surface area contributed by atoms with Crippen molar-refractivity contribution in [3.05, 3.63) is 28.3 Å². The van der Waals surface area contributed by atoms with Crippen LogP contribution in [-0.2, 0) is 26.0 Å². The highest BCUT2D eigenvalue weighted by molar-refractivity contribution is 9.12. The fourth-order valence-electron chi connectivity index (χ4n) is 2.45. The lowest BCUT2D eigenvalue weighted by atomic mass is 10.5. The number of imide groups is 1. The number of aldehydes is 2. The molecule has 0 atom stereocenters. The van der Waals surface area contributed by atoms with Gasteiger partial charge in [0.2, 0.25) is 11.8 Å². The number of aliphatic imine (C=N–C) groups is 1. The van der Waals surface area contributed by atoms with Crippen LogP contribution >= 0.6 is 98.7 Å². The van der Waals surface area contributed by atoms with E-state index in [0.29, 0.717) is 21.7 Å². The van der Waals surface area contributed by atoms with Crippen LogP contribution in [0, 0.1) is 0 Å². The molecule has 0 radical (unpaired) electrons. The number of hydrogen-bond donors (Lipinski definition) is 3. The highest BCUT2D eigenvalue weighted by atomic mass is 79.9. The predicted octanol–water partition coefficient (Wildman–Crippen LogP) is 4.22. The standard InChI is InChI=1S/C6H6N2OS.C4H5BrO.C4H7NS2.C3H3NO2S.C3H5NOS.C3H5NS2/c9-2-5-1-8-4-10-3-6(8)7-5;1-2-4(5)3-6;1-6-4-2-7-3-5-4;5-2-1-7-3(6)4-2;2*5-3-1-6-2-4-3/h1-2H,3-4H2;2-3H,1H3;2-3H2,1H3;1H2,(H,4,5,6);2*1-2H2,(H,4,5)/b;4-2+;;;;. The average molecular weight is 776 g/mol. The number of amides is 3. The van der Waals surface area contributed by atoms with Gasteiger partial charge in [0.1, 0.15) is 11.5 Å². The van der Waals surface area contributed by atoms with Crippen LogP contribution in [0.5, 0.6) is 0 Å². The van der Waals surface area contributed by atoms with E-state index in [0.717, 1.165) is 75.9 Å². The minimum atomic E-state index is -0.231. The number of fused-ring (bicyclic) bond motifs is 1. The second-order valence-electron chi connectivity index (χ2n) is 7.48. The van der Waals surface area contributed by atoms with E-state index >= 15 is 0 Å². The first-order chi connectivity index (χ1) is 20.2. The van der Waals surface area contributed by atoms with Gasteiger partial charge in [-0.1, -0.05) is 30.1 Å². The van der Waals surface area contributed by atoms with Crippen molar-refractivity contribution in [1.29, 1.82) is 0 Å². The van der Waals surface area contributed by atoms with Crippen LogP contribution in [-0.4, -0.2) is 96.1 Å². The molecule has 42 heavy (non-hydrogen) atoms. The Balaban J connectivity index is 0.000000255. The summed E-state index contributed by atoms with van der Waals surface area (Å²) in [6.45, 7) is 1.79. The zero-order valence-corrected chi connectivity index (χ0v) is 30.1. The number of nitrogens with zero attached hydrogens (tertiary/aromatic N) is 3. The van der Waals surface area contributed by atoms with Gasteiger partial charge in [-0.25, -0.2) is 4.98 Å². The average Bonchev–Trinajstić information content (AvgIpc) is 3.82. The van der Waals surface area contributed by atoms with E-state index in [4.69, 9.17) is 12.2 Å². The molecule has 0 bridgehead atoms. The van der Waals surface area contributed by atoms with Crippen molar-refractivity contribution in [3.63, 3.8) is 0 Å². The number of carbonyl (C=O) groups is 5. The second-order valence-corrected chi connectivity index (χ2v) is 14.6. The van der Waals surface area contributed by atoms with E-state index in [1.807, 2.05) is 39.9 Å². The molecular formula is C23H31BrN6O5S7. The Labute approximate surface area is 284 Å². The van der Waals surface area contributed by atoms with E-state index in [1.54, 1.807) is 42.7 Å². The lowest BCUT2D eigenvalue weighted by Gasteiger charge is -1.87. The van der Waals surface area contributed by atoms with E-state index in [9.17, 15) is 24.0 Å². The van der Waals surface area contributed by atoms with Gasteiger partial charge < -0.3 is 15.2 Å². The zero-order chi connectivity index (χ0) is 31.2. The van der Waals surface area contributed by atoms with Crippen molar-refractivity contribution in [1.82, 2.24) is 25.5 Å². The Hall–Kier alpha value is -0.960. The Morgan fingerprint density at radius 2 is 1.76 bits per heavy atom. The minimum Gasteiger partial charge on any atom is -0.370 e. The number of thiocarbonyl (C=S) groups is 1. The molecule has 5 aliphatic rings. The molecule has 1 aromatic heterocycles. The highest BCUT2D eigenvalue weighted by Crippen LogP contribution is 2.22. The fraction of sp³-hybridized carbons (Fsp3) is 0.478. The van der Waals surface area contributed by atoms with E-state index in [1.165, 1.54) is 5.04 Å². The molecular weight excluding hydrogens is 745 g/mol. The number of nitrogens with one attached hydrogen (secondary N) is 3. The summed E-state index contributed by atoms with van der Waals surface area (Å²) in [4.78, 5) is 59.4. The summed E-state index contributed by atoms with van der Waals surface area (Å²) in [6, 6.07) is 0. The normalized spacial score (nSPS) is 17.9. The third-order valence-corrected chi connectivity index (χ3v) is 10.6. The van der Waals surface area contributed by atoms with Crippen LogP contribution in [0.1, 0.15) is 23.2 Å². The van der Waals surface area contributed by atoms with Crippen molar-refractivity contribution in [2.75, 3.05) is 46.9 Å². The summed E-state index contributed by atoms with van der Waals surface area (Å²) in [5.41, 5.74) is 0.551. The van der Waals surface area contributed by atoms with Crippen LogP contribution in [0.25, 0.3) is 0 Å². The molecule has 3 N–H and O–H groups in total. The lowest BCUT2D eigenvalue weighted by molar-refractivity contribution is -0.118. The molecule has 5 aliphatic heterocycles. The fourth-order valence-corrected chi connectivity index (χ4v) is 7.23. The van der Waals surface area contributed by atoms with Crippen molar-refractivity contribution in [2.45, 2.75) is 18.6 Å². The molecule has 0 spiro atoms. The van der Waals surface area contributed by atoms with Gasteiger partial charge in [0, 0.05) is 17.7 Å². The van der Waals surface area contributed by atoms with Crippen LogP contribution in [0.2, 0.25) is 0 Å². The van der Waals surface area contributed by atoms with E-state index in [2.05, 4.69) is 48.1 Å². The molecule has 11 nitrogen and oxygen atoms in total. The maximum atomic E-state index is 10.2. The molecule has 0 aromatic carbocycles. The molecule has 3 fully saturated rings. The van der Waals surface area contributed by atoms with Gasteiger partial charge in [0.25, 0.3) is 5.24 Å². The van der Waals surface area contributed by atoms with Gasteiger partial charge in [-0.15, -0.1) is 58.8 Å². The summed E-state index contributed by atoms with van der Waals surface area (Å²) < 4.78 is 2.61. The second kappa shape index (κ2) is 24.4. The van der Waals surface area contributed by atoms with Gasteiger partial charge in [-0.2, -0.15) is 0 Å². The molecule has 0 aliphatic carbocycles. The number of rotatable bonds is 2. The summed E-state index contributed by atoms with van der Waals surface area (Å²) in [5.74, 6) is 8.79. The third-order valence-electron chi connectivity index (χ3n) is 4.43. The first kappa shape index (κ1) is 39.1. The molecule has 3 amide bonds. The summed E-state index contributed by atoms with van der Waals surface area (Å²) in [7, 11) is 0. The minimum absolute atomic E-state index is 0.167. The van der Waals surface area contributed by atoms with Crippen LogP contribution in [0.4, 0.5) is 4.79 Å². The highest BCUT2D eigenvalue weighted by Gasteiger charge is 2.16. The Morgan fingerprint density at radius 1 is 1.02 bits per heavy atom. The van der Waals surface area contributed by atoms with Crippen molar-refractivity contribution in [2.24, 2.45) is 4.99 Å². The van der Waals surface area contributed by atoms with Crippen LogP contribution in [0.3, 0.4) is 0 Å². The number of carbonyl (C=O) groups excluding carboxylic acids is 5. The Morgan fingerprint density at radius 3 is 2.05 bits per heavy atom. The molecule has 6 rings (SSSR count). The van der Waals surface area contributed by atoms with Crippen molar-refractivity contribution < 1.29 is 24.0 Å². The number of aromatic nitrogens is 2. The summed E-state index contributed by atoms with van der Waals surface area (Å²) in [5, 5.41) is 8.82. The predicted molar refractivity (Wildman–Crippen MR) is 190 cm³/mol. The molecule has 19 heteroatoms. The smallest absolute Gasteiger partial charge is 0.286 e. The molecule has 232 valence electrons. The summed E-state index contributed by atoms with van der Waals surface area (Å²) >= 11 is 17.7.